The van der Waals surface area contributed by atoms with E-state index < -0.39 is 0 Å². The van der Waals surface area contributed by atoms with E-state index >= 15 is 0 Å². The quantitative estimate of drug-likeness (QED) is 0.777. The van der Waals surface area contributed by atoms with Gasteiger partial charge in [-0.15, -0.1) is 0 Å². The number of carbonyl (C=O) groups is 1. The van der Waals surface area contributed by atoms with Gasteiger partial charge < -0.3 is 15.7 Å². The zero-order valence-electron chi connectivity index (χ0n) is 11.9. The Hall–Kier alpha value is -0.610. The number of likely N-dealkylation sites (tertiary alicyclic amines) is 1. The van der Waals surface area contributed by atoms with Crippen molar-refractivity contribution in [2.75, 3.05) is 19.6 Å². The van der Waals surface area contributed by atoms with Gasteiger partial charge in [0.2, 0.25) is 5.91 Å². The fraction of sp³-hybridized carbons (Fsp3) is 0.929. The Balaban J connectivity index is 2.48. The molecule has 4 nitrogen and oxygen atoms in total. The van der Waals surface area contributed by atoms with Gasteiger partial charge in [0.15, 0.2) is 0 Å². The van der Waals surface area contributed by atoms with Gasteiger partial charge in [0.25, 0.3) is 0 Å². The molecule has 18 heavy (non-hydrogen) atoms. The van der Waals surface area contributed by atoms with Crippen LogP contribution in [0.2, 0.25) is 0 Å². The summed E-state index contributed by atoms with van der Waals surface area (Å²) < 4.78 is 0. The molecular formula is C14H28N2O2. The van der Waals surface area contributed by atoms with E-state index in [1.807, 2.05) is 11.8 Å². The zero-order chi connectivity index (χ0) is 13.7. The average molecular weight is 256 g/mol. The molecule has 1 rings (SSSR count). The van der Waals surface area contributed by atoms with Crippen molar-refractivity contribution in [3.05, 3.63) is 0 Å². The number of nitrogens with zero attached hydrogens (tertiary/aromatic N) is 1. The van der Waals surface area contributed by atoms with E-state index in [4.69, 9.17) is 5.73 Å². The number of carbonyl (C=O) groups excluding carboxylic acids is 1. The number of piperidine rings is 1. The second kappa shape index (κ2) is 7.10. The van der Waals surface area contributed by atoms with Crippen molar-refractivity contribution in [3.63, 3.8) is 0 Å². The molecule has 1 saturated heterocycles. The van der Waals surface area contributed by atoms with Crippen molar-refractivity contribution in [1.82, 2.24) is 4.90 Å². The molecule has 1 amide bonds. The lowest BCUT2D eigenvalue weighted by atomic mass is 9.90. The van der Waals surface area contributed by atoms with Gasteiger partial charge in [0.1, 0.15) is 0 Å². The Bertz CT molecular complexity index is 259. The van der Waals surface area contributed by atoms with Crippen molar-refractivity contribution in [1.29, 1.82) is 0 Å². The smallest absolute Gasteiger partial charge is 0.226 e. The minimum atomic E-state index is -0.261. The molecule has 0 aliphatic carbocycles. The van der Waals surface area contributed by atoms with Crippen LogP contribution in [0, 0.1) is 17.8 Å². The molecule has 106 valence electrons. The molecule has 0 bridgehead atoms. The summed E-state index contributed by atoms with van der Waals surface area (Å²) in [6, 6.07) is 0. The molecule has 1 fully saturated rings. The number of aliphatic hydroxyl groups is 1. The molecule has 4 heteroatoms. The maximum absolute atomic E-state index is 12.3. The van der Waals surface area contributed by atoms with Crippen LogP contribution in [0.4, 0.5) is 0 Å². The summed E-state index contributed by atoms with van der Waals surface area (Å²) >= 11 is 0. The highest BCUT2D eigenvalue weighted by Gasteiger charge is 2.29. The first-order valence-electron chi connectivity index (χ1n) is 7.12. The van der Waals surface area contributed by atoms with Crippen LogP contribution in [0.15, 0.2) is 0 Å². The molecule has 2 unspecified atom stereocenters. The second-order valence-corrected chi connectivity index (χ2v) is 5.97. The molecule has 0 spiro atoms. The first-order chi connectivity index (χ1) is 8.45. The second-order valence-electron chi connectivity index (χ2n) is 5.97. The number of hydrogen-bond acceptors (Lipinski definition) is 3. The Morgan fingerprint density at radius 2 is 1.89 bits per heavy atom. The summed E-state index contributed by atoms with van der Waals surface area (Å²) in [6.45, 7) is 8.05. The SMILES string of the molecule is CC(C)CC(CN)C(=O)N1CCC(C(C)O)CC1. The normalized spacial score (nSPS) is 21.1. The van der Waals surface area contributed by atoms with E-state index in [1.54, 1.807) is 0 Å². The van der Waals surface area contributed by atoms with E-state index in [-0.39, 0.29) is 17.9 Å². The van der Waals surface area contributed by atoms with Crippen molar-refractivity contribution in [2.45, 2.75) is 46.1 Å². The zero-order valence-corrected chi connectivity index (χ0v) is 11.9. The molecule has 1 heterocycles. The molecule has 1 aliphatic rings. The predicted molar refractivity (Wildman–Crippen MR) is 73.0 cm³/mol. The van der Waals surface area contributed by atoms with Gasteiger partial charge in [-0.1, -0.05) is 13.8 Å². The first-order valence-corrected chi connectivity index (χ1v) is 7.12. The van der Waals surface area contributed by atoms with Gasteiger partial charge >= 0.3 is 0 Å². The molecule has 3 N–H and O–H groups in total. The summed E-state index contributed by atoms with van der Waals surface area (Å²) in [5, 5.41) is 9.55. The summed E-state index contributed by atoms with van der Waals surface area (Å²) in [6.07, 6.45) is 2.42. The highest BCUT2D eigenvalue weighted by atomic mass is 16.3. The number of aliphatic hydroxyl groups excluding tert-OH is 1. The summed E-state index contributed by atoms with van der Waals surface area (Å²) in [4.78, 5) is 14.3. The van der Waals surface area contributed by atoms with Crippen LogP contribution in [-0.2, 0) is 4.79 Å². The molecule has 2 atom stereocenters. The van der Waals surface area contributed by atoms with E-state index in [1.165, 1.54) is 0 Å². The van der Waals surface area contributed by atoms with Gasteiger partial charge in [0.05, 0.1) is 12.0 Å². The summed E-state index contributed by atoms with van der Waals surface area (Å²) in [5.41, 5.74) is 5.72. The van der Waals surface area contributed by atoms with Crippen molar-refractivity contribution < 1.29 is 9.90 Å². The van der Waals surface area contributed by atoms with E-state index in [2.05, 4.69) is 13.8 Å². The maximum atomic E-state index is 12.3. The molecule has 0 aromatic heterocycles. The third-order valence-corrected chi connectivity index (χ3v) is 3.92. The molecular weight excluding hydrogens is 228 g/mol. The van der Waals surface area contributed by atoms with Crippen molar-refractivity contribution >= 4 is 5.91 Å². The third kappa shape index (κ3) is 4.25. The lowest BCUT2D eigenvalue weighted by molar-refractivity contribution is -0.137. The van der Waals surface area contributed by atoms with Gasteiger partial charge in [-0.2, -0.15) is 0 Å². The standard InChI is InChI=1S/C14H28N2O2/c1-10(2)8-13(9-15)14(18)16-6-4-12(5-7-16)11(3)17/h10-13,17H,4-9,15H2,1-3H3. The van der Waals surface area contributed by atoms with E-state index in [0.717, 1.165) is 32.4 Å². The Kier molecular flexibility index (Phi) is 6.09. The number of rotatable bonds is 5. The van der Waals surface area contributed by atoms with E-state index in [0.29, 0.717) is 18.4 Å². The lowest BCUT2D eigenvalue weighted by Crippen LogP contribution is -2.45. The number of nitrogens with two attached hydrogens (primary N) is 1. The molecule has 0 saturated carbocycles. The minimum Gasteiger partial charge on any atom is -0.393 e. The van der Waals surface area contributed by atoms with Crippen LogP contribution in [0.1, 0.15) is 40.0 Å². The van der Waals surface area contributed by atoms with Gasteiger partial charge in [-0.25, -0.2) is 0 Å². The first kappa shape index (κ1) is 15.4. The Labute approximate surface area is 111 Å². The number of amides is 1. The largest absolute Gasteiger partial charge is 0.393 e. The predicted octanol–water partition coefficient (Wildman–Crippen LogP) is 1.23. The summed E-state index contributed by atoms with van der Waals surface area (Å²) in [7, 11) is 0. The van der Waals surface area contributed by atoms with Gasteiger partial charge in [0, 0.05) is 19.6 Å². The number of hydrogen-bond donors (Lipinski definition) is 2. The monoisotopic (exact) mass is 256 g/mol. The fourth-order valence-electron chi connectivity index (χ4n) is 2.73. The molecule has 0 radical (unpaired) electrons. The molecule has 1 aliphatic heterocycles. The van der Waals surface area contributed by atoms with Crippen LogP contribution < -0.4 is 5.73 Å². The van der Waals surface area contributed by atoms with Crippen LogP contribution in [-0.4, -0.2) is 41.7 Å². The van der Waals surface area contributed by atoms with Crippen molar-refractivity contribution in [2.24, 2.45) is 23.5 Å². The lowest BCUT2D eigenvalue weighted by Gasteiger charge is -2.35. The third-order valence-electron chi connectivity index (χ3n) is 3.92. The van der Waals surface area contributed by atoms with Crippen molar-refractivity contribution in [3.8, 4) is 0 Å². The van der Waals surface area contributed by atoms with Crippen LogP contribution >= 0.6 is 0 Å². The van der Waals surface area contributed by atoms with Gasteiger partial charge in [-0.05, 0) is 38.0 Å². The topological polar surface area (TPSA) is 66.6 Å². The van der Waals surface area contributed by atoms with Crippen LogP contribution in [0.25, 0.3) is 0 Å². The molecule has 0 aromatic rings. The highest BCUT2D eigenvalue weighted by molar-refractivity contribution is 5.79. The summed E-state index contributed by atoms with van der Waals surface area (Å²) in [5.74, 6) is 1.01. The Morgan fingerprint density at radius 3 is 2.28 bits per heavy atom. The van der Waals surface area contributed by atoms with Crippen LogP contribution in [0.5, 0.6) is 0 Å². The minimum absolute atomic E-state index is 0.0342. The van der Waals surface area contributed by atoms with E-state index in [9.17, 15) is 9.90 Å². The Morgan fingerprint density at radius 1 is 1.33 bits per heavy atom. The fourth-order valence-corrected chi connectivity index (χ4v) is 2.73. The molecule has 0 aromatic carbocycles. The van der Waals surface area contributed by atoms with Gasteiger partial charge in [-0.3, -0.25) is 4.79 Å². The van der Waals surface area contributed by atoms with Crippen LogP contribution in [0.3, 0.4) is 0 Å². The maximum Gasteiger partial charge on any atom is 0.226 e. The average Bonchev–Trinajstić information content (AvgIpc) is 2.35. The highest BCUT2D eigenvalue weighted by Crippen LogP contribution is 2.23.